The highest BCUT2D eigenvalue weighted by atomic mass is 35.5. The summed E-state index contributed by atoms with van der Waals surface area (Å²) in [5.74, 6) is 0.904. The van der Waals surface area contributed by atoms with Crippen LogP contribution in [0.25, 0.3) is 5.69 Å². The summed E-state index contributed by atoms with van der Waals surface area (Å²) in [5, 5.41) is 0.763. The second-order valence-corrected chi connectivity index (χ2v) is 7.42. The minimum absolute atomic E-state index is 0.171. The van der Waals surface area contributed by atoms with Crippen LogP contribution in [0.1, 0.15) is 24.1 Å². The second-order valence-electron chi connectivity index (χ2n) is 7.02. The summed E-state index contributed by atoms with van der Waals surface area (Å²) in [6.45, 7) is 3.53. The van der Waals surface area contributed by atoms with Gasteiger partial charge in [-0.3, -0.25) is 4.79 Å². The Labute approximate surface area is 169 Å². The van der Waals surface area contributed by atoms with E-state index in [0.717, 1.165) is 46.4 Å². The lowest BCUT2D eigenvalue weighted by Gasteiger charge is -2.17. The highest BCUT2D eigenvalue weighted by molar-refractivity contribution is 6.31. The van der Waals surface area contributed by atoms with Crippen molar-refractivity contribution in [3.05, 3.63) is 71.3 Å². The number of aryl methyl sites for hydroxylation is 1. The summed E-state index contributed by atoms with van der Waals surface area (Å²) < 4.78 is 9.83. The third-order valence-electron chi connectivity index (χ3n) is 5.17. The van der Waals surface area contributed by atoms with E-state index >= 15 is 0 Å². The first-order valence-electron chi connectivity index (χ1n) is 9.37. The first-order chi connectivity index (χ1) is 13.6. The van der Waals surface area contributed by atoms with Crippen molar-refractivity contribution in [3.63, 3.8) is 0 Å². The maximum Gasteiger partial charge on any atom is 0.249 e. The van der Waals surface area contributed by atoms with E-state index in [4.69, 9.17) is 16.3 Å². The van der Waals surface area contributed by atoms with Crippen LogP contribution in [-0.4, -0.2) is 24.1 Å². The van der Waals surface area contributed by atoms with Crippen LogP contribution in [0.15, 0.2) is 55.0 Å². The van der Waals surface area contributed by atoms with Gasteiger partial charge in [0, 0.05) is 42.2 Å². The zero-order valence-electron chi connectivity index (χ0n) is 16.1. The lowest BCUT2D eigenvalue weighted by molar-refractivity contribution is -0.693. The fourth-order valence-corrected chi connectivity index (χ4v) is 3.82. The average molecular weight is 397 g/mol. The molecule has 2 heterocycles. The van der Waals surface area contributed by atoms with Gasteiger partial charge in [-0.1, -0.05) is 29.8 Å². The molecule has 0 saturated carbocycles. The van der Waals surface area contributed by atoms with Crippen LogP contribution in [0.5, 0.6) is 5.75 Å². The molecule has 2 aromatic carbocycles. The van der Waals surface area contributed by atoms with Gasteiger partial charge >= 0.3 is 0 Å². The van der Waals surface area contributed by atoms with Crippen molar-refractivity contribution in [1.82, 2.24) is 4.57 Å². The SMILES string of the molecule is COc1cc(N2CCCC2=O)ccc1-n1cc(C)[n+](Cc2ccccc2Cl)c1. The van der Waals surface area contributed by atoms with Crippen molar-refractivity contribution >= 4 is 23.2 Å². The van der Waals surface area contributed by atoms with Gasteiger partial charge in [0.1, 0.15) is 18.4 Å². The summed E-state index contributed by atoms with van der Waals surface area (Å²) in [6.07, 6.45) is 5.62. The van der Waals surface area contributed by atoms with Crippen LogP contribution >= 0.6 is 11.6 Å². The van der Waals surface area contributed by atoms with Gasteiger partial charge in [-0.2, -0.15) is 4.57 Å². The van der Waals surface area contributed by atoms with Crippen LogP contribution in [0.3, 0.4) is 0 Å². The Bertz CT molecular complexity index is 1030. The van der Waals surface area contributed by atoms with E-state index in [9.17, 15) is 4.79 Å². The van der Waals surface area contributed by atoms with E-state index in [2.05, 4.69) is 17.7 Å². The smallest absolute Gasteiger partial charge is 0.249 e. The van der Waals surface area contributed by atoms with Gasteiger partial charge in [0.15, 0.2) is 11.4 Å². The molecular formula is C22H23ClN3O2+. The summed E-state index contributed by atoms with van der Waals surface area (Å²) >= 11 is 6.32. The molecule has 0 unspecified atom stereocenters. The van der Waals surface area contributed by atoms with E-state index < -0.39 is 0 Å². The lowest BCUT2D eigenvalue weighted by atomic mass is 10.2. The molecule has 0 N–H and O–H groups in total. The molecule has 1 saturated heterocycles. The van der Waals surface area contributed by atoms with Crippen LogP contribution in [0, 0.1) is 6.92 Å². The van der Waals surface area contributed by atoms with Gasteiger partial charge in [-0.15, -0.1) is 0 Å². The van der Waals surface area contributed by atoms with Gasteiger partial charge in [0.25, 0.3) is 0 Å². The first kappa shape index (κ1) is 18.6. The number of methoxy groups -OCH3 is 1. The number of halogens is 1. The number of benzene rings is 2. The van der Waals surface area contributed by atoms with Gasteiger partial charge in [0.2, 0.25) is 12.2 Å². The zero-order valence-corrected chi connectivity index (χ0v) is 16.8. The molecule has 0 radical (unpaired) electrons. The van der Waals surface area contributed by atoms with Crippen molar-refractivity contribution in [2.75, 3.05) is 18.6 Å². The molecule has 3 aromatic rings. The van der Waals surface area contributed by atoms with Crippen molar-refractivity contribution in [1.29, 1.82) is 0 Å². The molecule has 1 aliphatic rings. The number of aromatic nitrogens is 2. The van der Waals surface area contributed by atoms with Crippen LogP contribution in [0.4, 0.5) is 5.69 Å². The quantitative estimate of drug-likeness (QED) is 0.613. The largest absolute Gasteiger partial charge is 0.492 e. The molecule has 1 fully saturated rings. The topological polar surface area (TPSA) is 38.4 Å². The Morgan fingerprint density at radius 1 is 1.21 bits per heavy atom. The molecule has 1 amide bonds. The fourth-order valence-electron chi connectivity index (χ4n) is 3.63. The Kier molecular flexibility index (Phi) is 5.09. The Morgan fingerprint density at radius 3 is 2.75 bits per heavy atom. The second kappa shape index (κ2) is 7.68. The van der Waals surface area contributed by atoms with E-state index in [1.54, 1.807) is 7.11 Å². The lowest BCUT2D eigenvalue weighted by Crippen LogP contribution is -2.35. The summed E-state index contributed by atoms with van der Waals surface area (Å²) in [4.78, 5) is 13.9. The maximum absolute atomic E-state index is 12.0. The molecule has 144 valence electrons. The van der Waals surface area contributed by atoms with E-state index in [0.29, 0.717) is 13.0 Å². The number of hydrogen-bond donors (Lipinski definition) is 0. The first-order valence-corrected chi connectivity index (χ1v) is 9.75. The van der Waals surface area contributed by atoms with E-state index in [1.807, 2.05) is 58.3 Å². The molecule has 4 rings (SSSR count). The summed E-state index contributed by atoms with van der Waals surface area (Å²) in [5.41, 5.74) is 4.00. The van der Waals surface area contributed by atoms with Gasteiger partial charge in [-0.25, -0.2) is 4.57 Å². The van der Waals surface area contributed by atoms with E-state index in [-0.39, 0.29) is 5.91 Å². The predicted molar refractivity (Wildman–Crippen MR) is 109 cm³/mol. The zero-order chi connectivity index (χ0) is 19.7. The number of ether oxygens (including phenoxy) is 1. The number of amides is 1. The van der Waals surface area contributed by atoms with Crippen molar-refractivity contribution < 1.29 is 14.1 Å². The Morgan fingerprint density at radius 2 is 2.04 bits per heavy atom. The van der Waals surface area contributed by atoms with Crippen molar-refractivity contribution in [2.24, 2.45) is 0 Å². The monoisotopic (exact) mass is 396 g/mol. The molecule has 6 heteroatoms. The third-order valence-corrected chi connectivity index (χ3v) is 5.54. The van der Waals surface area contributed by atoms with Crippen LogP contribution in [-0.2, 0) is 11.3 Å². The summed E-state index contributed by atoms with van der Waals surface area (Å²) in [6, 6.07) is 13.8. The van der Waals surface area contributed by atoms with Crippen molar-refractivity contribution in [2.45, 2.75) is 26.3 Å². The molecule has 0 atom stereocenters. The molecule has 28 heavy (non-hydrogen) atoms. The Hall–Kier alpha value is -2.79. The van der Waals surface area contributed by atoms with E-state index in [1.165, 1.54) is 0 Å². The number of nitrogens with zero attached hydrogens (tertiary/aromatic N) is 3. The van der Waals surface area contributed by atoms with Crippen LogP contribution < -0.4 is 14.2 Å². The highest BCUT2D eigenvalue weighted by Crippen LogP contribution is 2.30. The predicted octanol–water partition coefficient (Wildman–Crippen LogP) is 3.91. The normalized spacial score (nSPS) is 14.0. The van der Waals surface area contributed by atoms with Crippen molar-refractivity contribution in [3.8, 4) is 11.4 Å². The standard InChI is InChI=1S/C22H23ClN3O2/c1-16-13-25(15-24(16)14-17-6-3-4-7-19(17)23)20-10-9-18(12-21(20)28-2)26-11-5-8-22(26)27/h3-4,6-7,9-10,12-13,15H,5,8,11,14H2,1-2H3/q+1. The molecule has 1 aromatic heterocycles. The number of anilines is 1. The molecular weight excluding hydrogens is 374 g/mol. The maximum atomic E-state index is 12.0. The number of imidazole rings is 1. The molecule has 0 aliphatic carbocycles. The van der Waals surface area contributed by atoms with Gasteiger partial charge in [-0.05, 0) is 24.6 Å². The fraction of sp³-hybridized carbons (Fsp3) is 0.273. The third kappa shape index (κ3) is 3.50. The number of carbonyl (C=O) groups is 1. The Balaban J connectivity index is 1.66. The molecule has 1 aliphatic heterocycles. The van der Waals surface area contributed by atoms with Gasteiger partial charge in [0.05, 0.1) is 7.11 Å². The number of hydrogen-bond acceptors (Lipinski definition) is 2. The highest BCUT2D eigenvalue weighted by Gasteiger charge is 2.24. The molecule has 5 nitrogen and oxygen atoms in total. The molecule has 0 spiro atoms. The minimum Gasteiger partial charge on any atom is -0.492 e. The molecule has 0 bridgehead atoms. The minimum atomic E-state index is 0.171. The number of rotatable bonds is 5. The van der Waals surface area contributed by atoms with Crippen LogP contribution in [0.2, 0.25) is 5.02 Å². The summed E-state index contributed by atoms with van der Waals surface area (Å²) in [7, 11) is 1.66. The number of carbonyl (C=O) groups excluding carboxylic acids is 1. The average Bonchev–Trinajstić information content (AvgIpc) is 3.29. The van der Waals surface area contributed by atoms with Gasteiger partial charge < -0.3 is 9.64 Å².